The minimum absolute atomic E-state index is 0.128. The van der Waals surface area contributed by atoms with Crippen LogP contribution in [0.1, 0.15) is 30.0 Å². The highest BCUT2D eigenvalue weighted by atomic mass is 16.6. The molecule has 0 atom stereocenters. The van der Waals surface area contributed by atoms with Gasteiger partial charge in [0.1, 0.15) is 24.3 Å². The minimum Gasteiger partial charge on any atom is -0.497 e. The van der Waals surface area contributed by atoms with Crippen molar-refractivity contribution in [3.8, 4) is 5.75 Å². The summed E-state index contributed by atoms with van der Waals surface area (Å²) in [7, 11) is 1.66. The summed E-state index contributed by atoms with van der Waals surface area (Å²) in [6, 6.07) is 3.89. The quantitative estimate of drug-likeness (QED) is 0.715. The molecule has 1 aliphatic rings. The van der Waals surface area contributed by atoms with Crippen LogP contribution in [-0.4, -0.2) is 45.8 Å². The number of pyridine rings is 1. The summed E-state index contributed by atoms with van der Waals surface area (Å²) in [6.45, 7) is 1.44. The maximum absolute atomic E-state index is 12.2. The van der Waals surface area contributed by atoms with Crippen LogP contribution in [0.15, 0.2) is 41.6 Å². The molecule has 3 aromatic heterocycles. The van der Waals surface area contributed by atoms with Crippen molar-refractivity contribution in [2.24, 2.45) is 0 Å². The zero-order chi connectivity index (χ0) is 17.9. The second-order valence-electron chi connectivity index (χ2n) is 6.29. The minimum atomic E-state index is -0.312. The highest BCUT2D eigenvalue weighted by Crippen LogP contribution is 2.32. The van der Waals surface area contributed by atoms with Crippen molar-refractivity contribution in [1.29, 1.82) is 0 Å². The molecule has 0 bridgehead atoms. The Morgan fingerprint density at radius 2 is 2.23 bits per heavy atom. The summed E-state index contributed by atoms with van der Waals surface area (Å²) >= 11 is 0. The van der Waals surface area contributed by atoms with Gasteiger partial charge in [0.15, 0.2) is 6.39 Å². The molecule has 3 aromatic rings. The Bertz CT molecular complexity index is 882. The van der Waals surface area contributed by atoms with E-state index in [1.165, 1.54) is 18.2 Å². The van der Waals surface area contributed by atoms with Gasteiger partial charge in [-0.3, -0.25) is 0 Å². The van der Waals surface area contributed by atoms with Gasteiger partial charge in [0.2, 0.25) is 0 Å². The summed E-state index contributed by atoms with van der Waals surface area (Å²) in [5.74, 6) is 1.17. The zero-order valence-electron chi connectivity index (χ0n) is 14.5. The highest BCUT2D eigenvalue weighted by Gasteiger charge is 2.26. The maximum Gasteiger partial charge on any atom is 0.410 e. The number of aromatic nitrogens is 3. The standard InChI is InChI=1S/C18H20N4O4/c1-24-15-4-7-22-17(8-15)16(9-20-22)13-2-5-21(6-3-13)18(23)26-11-14-10-25-12-19-14/h4,7-10,12-13H,2-3,5-6,11H2,1H3. The molecule has 0 aromatic carbocycles. The van der Waals surface area contributed by atoms with Crippen molar-refractivity contribution < 1.29 is 18.7 Å². The third-order valence-electron chi connectivity index (χ3n) is 4.78. The first-order valence-corrected chi connectivity index (χ1v) is 8.54. The molecule has 1 aliphatic heterocycles. The second-order valence-corrected chi connectivity index (χ2v) is 6.29. The molecule has 136 valence electrons. The second kappa shape index (κ2) is 7.07. The van der Waals surface area contributed by atoms with Gasteiger partial charge in [-0.05, 0) is 24.8 Å². The molecule has 0 aliphatic carbocycles. The lowest BCUT2D eigenvalue weighted by Crippen LogP contribution is -2.38. The number of likely N-dealkylation sites (tertiary alicyclic amines) is 1. The molecule has 1 saturated heterocycles. The molecule has 0 unspecified atom stereocenters. The van der Waals surface area contributed by atoms with E-state index in [0.717, 1.165) is 24.1 Å². The summed E-state index contributed by atoms with van der Waals surface area (Å²) < 4.78 is 17.3. The van der Waals surface area contributed by atoms with Crippen LogP contribution in [0.25, 0.3) is 5.52 Å². The Balaban J connectivity index is 1.38. The molecule has 26 heavy (non-hydrogen) atoms. The highest BCUT2D eigenvalue weighted by molar-refractivity contribution is 5.68. The van der Waals surface area contributed by atoms with E-state index in [9.17, 15) is 4.79 Å². The number of carbonyl (C=O) groups is 1. The number of hydrogen-bond acceptors (Lipinski definition) is 6. The van der Waals surface area contributed by atoms with Crippen molar-refractivity contribution in [2.75, 3.05) is 20.2 Å². The van der Waals surface area contributed by atoms with Gasteiger partial charge in [-0.15, -0.1) is 0 Å². The predicted octanol–water partition coefficient (Wildman–Crippen LogP) is 2.85. The van der Waals surface area contributed by atoms with Gasteiger partial charge in [-0.2, -0.15) is 5.10 Å². The van der Waals surface area contributed by atoms with E-state index in [2.05, 4.69) is 10.1 Å². The smallest absolute Gasteiger partial charge is 0.410 e. The molecule has 0 N–H and O–H groups in total. The van der Waals surface area contributed by atoms with Crippen molar-refractivity contribution in [3.05, 3.63) is 48.4 Å². The Kier molecular flexibility index (Phi) is 4.47. The lowest BCUT2D eigenvalue weighted by atomic mass is 9.90. The molecule has 4 rings (SSSR count). The number of rotatable bonds is 4. The number of piperidine rings is 1. The summed E-state index contributed by atoms with van der Waals surface area (Å²) in [5, 5.41) is 4.42. The van der Waals surface area contributed by atoms with Gasteiger partial charge in [-0.25, -0.2) is 14.3 Å². The Morgan fingerprint density at radius 1 is 1.38 bits per heavy atom. The molecule has 8 heteroatoms. The van der Waals surface area contributed by atoms with Crippen LogP contribution in [-0.2, 0) is 11.3 Å². The third-order valence-corrected chi connectivity index (χ3v) is 4.78. The Labute approximate surface area is 150 Å². The van der Waals surface area contributed by atoms with E-state index in [1.807, 2.05) is 29.0 Å². The van der Waals surface area contributed by atoms with Crippen molar-refractivity contribution in [3.63, 3.8) is 0 Å². The number of nitrogens with zero attached hydrogens (tertiary/aromatic N) is 4. The van der Waals surface area contributed by atoms with Crippen LogP contribution in [0, 0.1) is 0 Å². The summed E-state index contributed by atoms with van der Waals surface area (Å²) in [5.41, 5.74) is 2.85. The lowest BCUT2D eigenvalue weighted by molar-refractivity contribution is 0.0861. The number of carbonyl (C=O) groups excluding carboxylic acids is 1. The molecule has 0 saturated carbocycles. The Morgan fingerprint density at radius 3 is 2.96 bits per heavy atom. The molecule has 4 heterocycles. The fraction of sp³-hybridized carbons (Fsp3) is 0.389. The first kappa shape index (κ1) is 16.4. The number of oxazole rings is 1. The summed E-state index contributed by atoms with van der Waals surface area (Å²) in [6.07, 6.45) is 8.04. The SMILES string of the molecule is COc1ccn2ncc(C3CCN(C(=O)OCc4cocn4)CC3)c2c1. The molecule has 0 spiro atoms. The van der Waals surface area contributed by atoms with Crippen LogP contribution < -0.4 is 4.74 Å². The predicted molar refractivity (Wildman–Crippen MR) is 92.0 cm³/mol. The van der Waals surface area contributed by atoms with Gasteiger partial charge < -0.3 is 18.8 Å². The van der Waals surface area contributed by atoms with E-state index in [-0.39, 0.29) is 12.7 Å². The van der Waals surface area contributed by atoms with Crippen molar-refractivity contribution in [2.45, 2.75) is 25.4 Å². The number of hydrogen-bond donors (Lipinski definition) is 0. The van der Waals surface area contributed by atoms with E-state index >= 15 is 0 Å². The average Bonchev–Trinajstić information content (AvgIpc) is 3.35. The van der Waals surface area contributed by atoms with Crippen LogP contribution in [0.3, 0.4) is 0 Å². The van der Waals surface area contributed by atoms with E-state index in [1.54, 1.807) is 12.0 Å². The average molecular weight is 356 g/mol. The fourth-order valence-corrected chi connectivity index (χ4v) is 3.33. The number of fused-ring (bicyclic) bond motifs is 1. The van der Waals surface area contributed by atoms with Gasteiger partial charge >= 0.3 is 6.09 Å². The lowest BCUT2D eigenvalue weighted by Gasteiger charge is -2.31. The zero-order valence-corrected chi connectivity index (χ0v) is 14.5. The van der Waals surface area contributed by atoms with Gasteiger partial charge in [0.25, 0.3) is 0 Å². The molecule has 8 nitrogen and oxygen atoms in total. The topological polar surface area (TPSA) is 82.1 Å². The number of ether oxygens (including phenoxy) is 2. The largest absolute Gasteiger partial charge is 0.497 e. The van der Waals surface area contributed by atoms with Crippen LogP contribution in [0.5, 0.6) is 5.75 Å². The van der Waals surface area contributed by atoms with E-state index < -0.39 is 0 Å². The van der Waals surface area contributed by atoms with Crippen LogP contribution >= 0.6 is 0 Å². The van der Waals surface area contributed by atoms with E-state index in [0.29, 0.717) is 24.7 Å². The first-order chi connectivity index (χ1) is 12.7. The fourth-order valence-electron chi connectivity index (χ4n) is 3.33. The summed E-state index contributed by atoms with van der Waals surface area (Å²) in [4.78, 5) is 17.9. The first-order valence-electron chi connectivity index (χ1n) is 8.54. The number of amides is 1. The van der Waals surface area contributed by atoms with Gasteiger partial charge in [0.05, 0.1) is 18.8 Å². The maximum atomic E-state index is 12.2. The molecular formula is C18H20N4O4. The third kappa shape index (κ3) is 3.22. The number of methoxy groups -OCH3 is 1. The van der Waals surface area contributed by atoms with Crippen LogP contribution in [0.4, 0.5) is 4.79 Å². The normalized spacial score (nSPS) is 15.3. The van der Waals surface area contributed by atoms with Crippen molar-refractivity contribution in [1.82, 2.24) is 19.5 Å². The molecule has 0 radical (unpaired) electrons. The molecule has 1 amide bonds. The monoisotopic (exact) mass is 356 g/mol. The molecular weight excluding hydrogens is 336 g/mol. The van der Waals surface area contributed by atoms with E-state index in [4.69, 9.17) is 13.9 Å². The molecule has 1 fully saturated rings. The van der Waals surface area contributed by atoms with Crippen LogP contribution in [0.2, 0.25) is 0 Å². The van der Waals surface area contributed by atoms with Gasteiger partial charge in [0, 0.05) is 30.9 Å². The Hall–Kier alpha value is -3.03. The van der Waals surface area contributed by atoms with Crippen molar-refractivity contribution >= 4 is 11.6 Å². The van der Waals surface area contributed by atoms with Gasteiger partial charge in [-0.1, -0.05) is 0 Å².